The molecule has 0 aromatic carbocycles. The van der Waals surface area contributed by atoms with Gasteiger partial charge in [-0.2, -0.15) is 0 Å². The molecule has 1 aromatic heterocycles. The molecule has 1 aliphatic rings. The smallest absolute Gasteiger partial charge is 0.387 e. The van der Waals surface area contributed by atoms with Crippen LogP contribution in [0.5, 0.6) is 0 Å². The van der Waals surface area contributed by atoms with Crippen LogP contribution in [-0.4, -0.2) is 55.6 Å². The number of halogens is 2. The van der Waals surface area contributed by atoms with E-state index in [2.05, 4.69) is 4.52 Å². The average Bonchev–Trinajstić information content (AvgIpc) is 2.70. The van der Waals surface area contributed by atoms with Crippen molar-refractivity contribution in [2.45, 2.75) is 24.1 Å². The van der Waals surface area contributed by atoms with E-state index in [1.165, 1.54) is 0 Å². The van der Waals surface area contributed by atoms with Gasteiger partial charge in [0.1, 0.15) is 12.8 Å². The van der Waals surface area contributed by atoms with Crippen LogP contribution in [0.2, 0.25) is 0 Å². The number of rotatable bonds is 5. The Bertz CT molecular complexity index is 732. The van der Waals surface area contributed by atoms with Gasteiger partial charge in [-0.1, -0.05) is 0 Å². The SMILES string of the molecule is O=c1ccn([C@@H]2O[C@](CF)(COP(=O)(O)O)[C@@H](O)[C@H]2F)c(=O)[nH]1. The maximum Gasteiger partial charge on any atom is 0.469 e. The highest BCUT2D eigenvalue weighted by molar-refractivity contribution is 7.46. The molecule has 0 unspecified atom stereocenters. The molecule has 0 aliphatic carbocycles. The van der Waals surface area contributed by atoms with Gasteiger partial charge in [0.25, 0.3) is 5.56 Å². The highest BCUT2D eigenvalue weighted by Gasteiger charge is 2.57. The van der Waals surface area contributed by atoms with Crippen LogP contribution < -0.4 is 11.2 Å². The van der Waals surface area contributed by atoms with Crippen molar-refractivity contribution in [2.24, 2.45) is 0 Å². The van der Waals surface area contributed by atoms with Gasteiger partial charge in [0, 0.05) is 12.3 Å². The molecule has 0 bridgehead atoms. The second-order valence-corrected chi connectivity index (χ2v) is 6.12. The molecule has 2 rings (SSSR count). The summed E-state index contributed by atoms with van der Waals surface area (Å²) < 4.78 is 47.8. The molecule has 23 heavy (non-hydrogen) atoms. The van der Waals surface area contributed by atoms with E-state index < -0.39 is 56.5 Å². The number of aromatic nitrogens is 2. The first kappa shape index (κ1) is 17.9. The number of alkyl halides is 2. The summed E-state index contributed by atoms with van der Waals surface area (Å²) in [6.45, 7) is -2.69. The first-order chi connectivity index (χ1) is 10.6. The lowest BCUT2D eigenvalue weighted by atomic mass is 9.98. The third kappa shape index (κ3) is 3.57. The number of aliphatic hydroxyl groups is 1. The van der Waals surface area contributed by atoms with Crippen LogP contribution >= 0.6 is 7.82 Å². The van der Waals surface area contributed by atoms with Crippen molar-refractivity contribution in [1.82, 2.24) is 9.55 Å². The van der Waals surface area contributed by atoms with Crippen molar-refractivity contribution in [1.29, 1.82) is 0 Å². The lowest BCUT2D eigenvalue weighted by Gasteiger charge is -2.28. The quantitative estimate of drug-likeness (QED) is 0.468. The summed E-state index contributed by atoms with van der Waals surface area (Å²) in [5, 5.41) is 9.82. The number of hydrogen-bond donors (Lipinski definition) is 4. The Balaban J connectivity index is 2.33. The first-order valence-corrected chi connectivity index (χ1v) is 7.70. The van der Waals surface area contributed by atoms with Gasteiger partial charge in [-0.25, -0.2) is 18.1 Å². The third-order valence-corrected chi connectivity index (χ3v) is 3.76. The van der Waals surface area contributed by atoms with Crippen molar-refractivity contribution in [2.75, 3.05) is 13.3 Å². The molecule has 1 aliphatic heterocycles. The van der Waals surface area contributed by atoms with E-state index in [1.807, 2.05) is 4.98 Å². The molecule has 1 saturated heterocycles. The third-order valence-electron chi connectivity index (χ3n) is 3.30. The molecular weight excluding hydrogens is 345 g/mol. The predicted molar refractivity (Wildman–Crippen MR) is 69.0 cm³/mol. The lowest BCUT2D eigenvalue weighted by Crippen LogP contribution is -2.48. The monoisotopic (exact) mass is 358 g/mol. The zero-order chi connectivity index (χ0) is 17.4. The number of aliphatic hydroxyl groups excluding tert-OH is 1. The fourth-order valence-corrected chi connectivity index (χ4v) is 2.51. The second-order valence-electron chi connectivity index (χ2n) is 4.88. The van der Waals surface area contributed by atoms with Gasteiger partial charge >= 0.3 is 13.5 Å². The van der Waals surface area contributed by atoms with E-state index in [1.54, 1.807) is 0 Å². The topological polar surface area (TPSA) is 151 Å². The minimum Gasteiger partial charge on any atom is -0.387 e. The van der Waals surface area contributed by atoms with E-state index in [4.69, 9.17) is 14.5 Å². The van der Waals surface area contributed by atoms with Crippen LogP contribution in [0.4, 0.5) is 8.78 Å². The summed E-state index contributed by atoms with van der Waals surface area (Å²) in [6.07, 6.45) is -5.41. The zero-order valence-corrected chi connectivity index (χ0v) is 12.2. The van der Waals surface area contributed by atoms with Crippen molar-refractivity contribution in [3.05, 3.63) is 33.1 Å². The Morgan fingerprint density at radius 3 is 2.65 bits per heavy atom. The summed E-state index contributed by atoms with van der Waals surface area (Å²) in [6, 6.07) is 0.880. The number of ether oxygens (including phenoxy) is 1. The van der Waals surface area contributed by atoms with Gasteiger partial charge in [-0.15, -0.1) is 0 Å². The van der Waals surface area contributed by atoms with E-state index in [9.17, 15) is 28.0 Å². The van der Waals surface area contributed by atoms with Gasteiger partial charge < -0.3 is 19.6 Å². The number of phosphoric acid groups is 1. The number of aromatic amines is 1. The van der Waals surface area contributed by atoms with Gasteiger partial charge in [0.05, 0.1) is 6.61 Å². The minimum atomic E-state index is -5.02. The van der Waals surface area contributed by atoms with Gasteiger partial charge in [-0.05, 0) is 0 Å². The molecule has 0 spiro atoms. The molecule has 0 radical (unpaired) electrons. The van der Waals surface area contributed by atoms with E-state index in [0.29, 0.717) is 4.57 Å². The van der Waals surface area contributed by atoms with Crippen LogP contribution in [0, 0.1) is 0 Å². The van der Waals surface area contributed by atoms with Crippen molar-refractivity contribution in [3.63, 3.8) is 0 Å². The molecule has 13 heteroatoms. The van der Waals surface area contributed by atoms with Gasteiger partial charge in [0.15, 0.2) is 18.0 Å². The molecule has 4 atom stereocenters. The standard InChI is InChI=1S/C10H13F2N2O8P/c11-3-10(4-21-23(18,19)20)7(16)6(12)8(22-10)14-2-1-5(15)13-9(14)17/h1-2,6-8,16H,3-4H2,(H,13,15,17)(H2,18,19,20)/t6-,7+,8-,10-/m1/s1. The molecule has 4 N–H and O–H groups in total. The van der Waals surface area contributed by atoms with Crippen molar-refractivity contribution >= 4 is 7.82 Å². The molecule has 1 fully saturated rings. The van der Waals surface area contributed by atoms with Gasteiger partial charge in [0.2, 0.25) is 0 Å². The summed E-state index contributed by atoms with van der Waals surface area (Å²) in [5.41, 5.74) is -4.24. The molecular formula is C10H13F2N2O8P. The van der Waals surface area contributed by atoms with Crippen LogP contribution in [0.1, 0.15) is 6.23 Å². The van der Waals surface area contributed by atoms with Crippen molar-refractivity contribution in [3.8, 4) is 0 Å². The van der Waals surface area contributed by atoms with E-state index in [-0.39, 0.29) is 0 Å². The Hall–Kier alpha value is -1.43. The maximum atomic E-state index is 14.2. The predicted octanol–water partition coefficient (Wildman–Crippen LogP) is -1.42. The summed E-state index contributed by atoms with van der Waals surface area (Å²) in [5.74, 6) is 0. The maximum absolute atomic E-state index is 14.2. The Morgan fingerprint density at radius 2 is 2.13 bits per heavy atom. The second kappa shape index (κ2) is 6.23. The minimum absolute atomic E-state index is 0.574. The number of phosphoric ester groups is 1. The zero-order valence-electron chi connectivity index (χ0n) is 11.3. The number of hydrogen-bond acceptors (Lipinski definition) is 6. The van der Waals surface area contributed by atoms with E-state index >= 15 is 0 Å². The van der Waals surface area contributed by atoms with Crippen LogP contribution in [0.3, 0.4) is 0 Å². The van der Waals surface area contributed by atoms with E-state index in [0.717, 1.165) is 12.3 Å². The molecule has 2 heterocycles. The molecule has 130 valence electrons. The average molecular weight is 358 g/mol. The largest absolute Gasteiger partial charge is 0.469 e. The fraction of sp³-hybridized carbons (Fsp3) is 0.600. The summed E-state index contributed by atoms with van der Waals surface area (Å²) in [7, 11) is -5.02. The number of nitrogens with zero attached hydrogens (tertiary/aromatic N) is 1. The highest BCUT2D eigenvalue weighted by Crippen LogP contribution is 2.43. The highest BCUT2D eigenvalue weighted by atomic mass is 31.2. The lowest BCUT2D eigenvalue weighted by molar-refractivity contribution is -0.136. The Kier molecular flexibility index (Phi) is 4.85. The molecule has 0 saturated carbocycles. The van der Waals surface area contributed by atoms with Crippen LogP contribution in [0.25, 0.3) is 0 Å². The van der Waals surface area contributed by atoms with Crippen LogP contribution in [-0.2, 0) is 13.8 Å². The normalized spacial score (nSPS) is 31.4. The Labute approximate surface area is 126 Å². The van der Waals surface area contributed by atoms with Crippen LogP contribution in [0.15, 0.2) is 21.9 Å². The number of nitrogens with one attached hydrogen (secondary N) is 1. The first-order valence-electron chi connectivity index (χ1n) is 6.17. The fourth-order valence-electron chi connectivity index (χ4n) is 2.12. The summed E-state index contributed by atoms with van der Waals surface area (Å²) >= 11 is 0. The van der Waals surface area contributed by atoms with Crippen molar-refractivity contribution < 1.29 is 37.5 Å². The molecule has 10 nitrogen and oxygen atoms in total. The number of H-pyrrole nitrogens is 1. The summed E-state index contributed by atoms with van der Waals surface area (Å²) in [4.78, 5) is 41.7. The molecule has 1 aromatic rings. The Morgan fingerprint density at radius 1 is 1.48 bits per heavy atom. The van der Waals surface area contributed by atoms with Gasteiger partial charge in [-0.3, -0.25) is 18.9 Å². The molecule has 0 amide bonds.